The van der Waals surface area contributed by atoms with Crippen molar-refractivity contribution in [3.8, 4) is 0 Å². The molecule has 2 N–H and O–H groups in total. The Morgan fingerprint density at radius 3 is 2.72 bits per heavy atom. The van der Waals surface area contributed by atoms with Gasteiger partial charge in [0.15, 0.2) is 0 Å². The van der Waals surface area contributed by atoms with Crippen molar-refractivity contribution in [2.24, 2.45) is 0 Å². The summed E-state index contributed by atoms with van der Waals surface area (Å²) in [6.45, 7) is 3.69. The number of nitrogens with one attached hydrogen (secondary N) is 1. The van der Waals surface area contributed by atoms with E-state index in [-0.39, 0.29) is 11.5 Å². The predicted molar refractivity (Wildman–Crippen MR) is 66.8 cm³/mol. The molecular formula is C13H17NO4. The number of carboxylic acids is 1. The monoisotopic (exact) mass is 251 g/mol. The molecule has 0 fully saturated rings. The van der Waals surface area contributed by atoms with Gasteiger partial charge in [0.2, 0.25) is 0 Å². The highest BCUT2D eigenvalue weighted by Crippen LogP contribution is 2.05. The van der Waals surface area contributed by atoms with Gasteiger partial charge in [-0.05, 0) is 31.5 Å². The second-order valence-corrected chi connectivity index (χ2v) is 3.69. The number of carboxylic acid groups (broad SMARTS) is 1. The van der Waals surface area contributed by atoms with Crippen molar-refractivity contribution < 1.29 is 19.4 Å². The van der Waals surface area contributed by atoms with E-state index in [1.807, 2.05) is 6.92 Å². The number of rotatable bonds is 7. The fourth-order valence-electron chi connectivity index (χ4n) is 1.42. The van der Waals surface area contributed by atoms with E-state index in [1.54, 1.807) is 12.1 Å². The third kappa shape index (κ3) is 4.55. The largest absolute Gasteiger partial charge is 0.478 e. The van der Waals surface area contributed by atoms with E-state index < -0.39 is 5.97 Å². The van der Waals surface area contributed by atoms with Crippen LogP contribution >= 0.6 is 0 Å². The molecule has 0 aliphatic carbocycles. The fourth-order valence-corrected chi connectivity index (χ4v) is 1.42. The molecule has 0 bridgehead atoms. The number of carbonyl (C=O) groups is 2. The van der Waals surface area contributed by atoms with Crippen molar-refractivity contribution >= 4 is 11.9 Å². The van der Waals surface area contributed by atoms with Crippen LogP contribution in [0.25, 0.3) is 0 Å². The highest BCUT2D eigenvalue weighted by molar-refractivity contribution is 5.97. The molecule has 18 heavy (non-hydrogen) atoms. The molecule has 5 heteroatoms. The Labute approximate surface area is 106 Å². The Bertz CT molecular complexity index is 417. The van der Waals surface area contributed by atoms with Crippen molar-refractivity contribution in [2.45, 2.75) is 13.3 Å². The van der Waals surface area contributed by atoms with Crippen LogP contribution in [0.5, 0.6) is 0 Å². The number of aromatic carboxylic acids is 1. The van der Waals surface area contributed by atoms with Gasteiger partial charge in [-0.3, -0.25) is 4.79 Å². The van der Waals surface area contributed by atoms with Crippen LogP contribution in [0, 0.1) is 0 Å². The maximum absolute atomic E-state index is 11.7. The van der Waals surface area contributed by atoms with Crippen LogP contribution in [0.2, 0.25) is 0 Å². The Hall–Kier alpha value is -1.88. The smallest absolute Gasteiger partial charge is 0.335 e. The van der Waals surface area contributed by atoms with Crippen LogP contribution in [0.1, 0.15) is 34.1 Å². The summed E-state index contributed by atoms with van der Waals surface area (Å²) in [5.74, 6) is -1.31. The van der Waals surface area contributed by atoms with Crippen molar-refractivity contribution in [3.05, 3.63) is 35.4 Å². The van der Waals surface area contributed by atoms with Gasteiger partial charge in [0.05, 0.1) is 5.56 Å². The molecule has 0 heterocycles. The minimum atomic E-state index is -1.04. The number of carbonyl (C=O) groups excluding carboxylic acids is 1. The highest BCUT2D eigenvalue weighted by atomic mass is 16.5. The van der Waals surface area contributed by atoms with E-state index in [1.165, 1.54) is 12.1 Å². The zero-order chi connectivity index (χ0) is 13.4. The first-order valence-electron chi connectivity index (χ1n) is 5.84. The zero-order valence-corrected chi connectivity index (χ0v) is 10.3. The Morgan fingerprint density at radius 1 is 1.33 bits per heavy atom. The third-order valence-corrected chi connectivity index (χ3v) is 2.33. The van der Waals surface area contributed by atoms with Gasteiger partial charge < -0.3 is 15.2 Å². The van der Waals surface area contributed by atoms with Gasteiger partial charge in [0.1, 0.15) is 0 Å². The van der Waals surface area contributed by atoms with Crippen molar-refractivity contribution in [3.63, 3.8) is 0 Å². The van der Waals surface area contributed by atoms with E-state index in [0.717, 1.165) is 6.42 Å². The summed E-state index contributed by atoms with van der Waals surface area (Å²) in [4.78, 5) is 22.5. The fraction of sp³-hybridized carbons (Fsp3) is 0.385. The molecule has 0 atom stereocenters. The molecule has 0 spiro atoms. The van der Waals surface area contributed by atoms with Gasteiger partial charge in [0.25, 0.3) is 5.91 Å². The summed E-state index contributed by atoms with van der Waals surface area (Å²) >= 11 is 0. The minimum Gasteiger partial charge on any atom is -0.478 e. The zero-order valence-electron chi connectivity index (χ0n) is 10.3. The van der Waals surface area contributed by atoms with Crippen LogP contribution in [-0.4, -0.2) is 36.7 Å². The summed E-state index contributed by atoms with van der Waals surface area (Å²) in [5, 5.41) is 11.5. The molecule has 0 aliphatic rings. The molecule has 1 aromatic carbocycles. The van der Waals surface area contributed by atoms with E-state index >= 15 is 0 Å². The van der Waals surface area contributed by atoms with E-state index in [2.05, 4.69) is 5.32 Å². The molecule has 0 saturated carbocycles. The summed E-state index contributed by atoms with van der Waals surface area (Å²) in [6.07, 6.45) is 0.734. The maximum atomic E-state index is 11.7. The quantitative estimate of drug-likeness (QED) is 0.721. The maximum Gasteiger partial charge on any atom is 0.335 e. The van der Waals surface area contributed by atoms with Gasteiger partial charge >= 0.3 is 5.97 Å². The van der Waals surface area contributed by atoms with Crippen LogP contribution in [0.4, 0.5) is 0 Å². The molecule has 1 aromatic rings. The van der Waals surface area contributed by atoms with E-state index in [9.17, 15) is 9.59 Å². The summed E-state index contributed by atoms with van der Waals surface area (Å²) in [7, 11) is 0. The van der Waals surface area contributed by atoms with Gasteiger partial charge in [-0.15, -0.1) is 0 Å². The van der Waals surface area contributed by atoms with Crippen LogP contribution in [0.3, 0.4) is 0 Å². The average molecular weight is 251 g/mol. The van der Waals surface area contributed by atoms with Crippen LogP contribution in [0.15, 0.2) is 24.3 Å². The molecule has 0 aromatic heterocycles. The summed E-state index contributed by atoms with van der Waals surface area (Å²) in [5.41, 5.74) is 0.461. The SMILES string of the molecule is CCOCCCNC(=O)c1cccc(C(=O)O)c1. The number of benzene rings is 1. The molecule has 1 rings (SSSR count). The van der Waals surface area contributed by atoms with Gasteiger partial charge in [-0.1, -0.05) is 6.07 Å². The van der Waals surface area contributed by atoms with E-state index in [4.69, 9.17) is 9.84 Å². The van der Waals surface area contributed by atoms with Crippen molar-refractivity contribution in [1.82, 2.24) is 5.32 Å². The molecule has 0 unspecified atom stereocenters. The van der Waals surface area contributed by atoms with Crippen LogP contribution < -0.4 is 5.32 Å². The summed E-state index contributed by atoms with van der Waals surface area (Å²) < 4.78 is 5.14. The molecule has 98 valence electrons. The Balaban J connectivity index is 2.46. The molecule has 0 saturated heterocycles. The molecular weight excluding hydrogens is 234 g/mol. The molecule has 0 radical (unpaired) electrons. The number of amides is 1. The minimum absolute atomic E-state index is 0.108. The first kappa shape index (κ1) is 14.2. The average Bonchev–Trinajstić information content (AvgIpc) is 2.38. The second-order valence-electron chi connectivity index (χ2n) is 3.69. The Kier molecular flexibility index (Phi) is 5.87. The lowest BCUT2D eigenvalue weighted by atomic mass is 10.1. The van der Waals surface area contributed by atoms with Crippen molar-refractivity contribution in [2.75, 3.05) is 19.8 Å². The first-order chi connectivity index (χ1) is 8.65. The Morgan fingerprint density at radius 2 is 2.06 bits per heavy atom. The van der Waals surface area contributed by atoms with E-state index in [0.29, 0.717) is 25.3 Å². The number of ether oxygens (including phenoxy) is 1. The standard InChI is InChI=1S/C13H17NO4/c1-2-18-8-4-7-14-12(15)10-5-3-6-11(9-10)13(16)17/h3,5-6,9H,2,4,7-8H2,1H3,(H,14,15)(H,16,17). The normalized spacial score (nSPS) is 10.1. The highest BCUT2D eigenvalue weighted by Gasteiger charge is 2.08. The van der Waals surface area contributed by atoms with Crippen LogP contribution in [-0.2, 0) is 4.74 Å². The van der Waals surface area contributed by atoms with Gasteiger partial charge in [-0.2, -0.15) is 0 Å². The molecule has 1 amide bonds. The second kappa shape index (κ2) is 7.45. The first-order valence-corrected chi connectivity index (χ1v) is 5.84. The summed E-state index contributed by atoms with van der Waals surface area (Å²) in [6, 6.07) is 5.96. The number of hydrogen-bond acceptors (Lipinski definition) is 3. The van der Waals surface area contributed by atoms with Crippen molar-refractivity contribution in [1.29, 1.82) is 0 Å². The third-order valence-electron chi connectivity index (χ3n) is 2.33. The lowest BCUT2D eigenvalue weighted by Gasteiger charge is -2.06. The predicted octanol–water partition coefficient (Wildman–Crippen LogP) is 1.54. The lowest BCUT2D eigenvalue weighted by molar-refractivity contribution is 0.0697. The molecule has 0 aliphatic heterocycles. The molecule has 5 nitrogen and oxygen atoms in total. The topological polar surface area (TPSA) is 75.6 Å². The van der Waals surface area contributed by atoms with Gasteiger partial charge in [0, 0.05) is 25.3 Å². The number of hydrogen-bond donors (Lipinski definition) is 2. The van der Waals surface area contributed by atoms with Gasteiger partial charge in [-0.25, -0.2) is 4.79 Å². The lowest BCUT2D eigenvalue weighted by Crippen LogP contribution is -2.25.